The third kappa shape index (κ3) is 5.41. The van der Waals surface area contributed by atoms with Gasteiger partial charge in [0.25, 0.3) is 0 Å². The van der Waals surface area contributed by atoms with Crippen LogP contribution in [0.25, 0.3) is 11.1 Å². The molecule has 0 spiro atoms. The molecule has 2 aromatic rings. The fraction of sp³-hybridized carbons (Fsp3) is 0.444. The van der Waals surface area contributed by atoms with Crippen LogP contribution >= 0.6 is 0 Å². The van der Waals surface area contributed by atoms with Crippen molar-refractivity contribution in [3.63, 3.8) is 0 Å². The van der Waals surface area contributed by atoms with Crippen molar-refractivity contribution < 1.29 is 24.2 Å². The molecule has 0 radical (unpaired) electrons. The Labute approximate surface area is 199 Å². The van der Waals surface area contributed by atoms with Gasteiger partial charge in [-0.3, -0.25) is 4.79 Å². The molecule has 2 aromatic carbocycles. The predicted molar refractivity (Wildman–Crippen MR) is 128 cm³/mol. The number of aliphatic carboxylic acids is 1. The first-order chi connectivity index (χ1) is 16.4. The van der Waals surface area contributed by atoms with Crippen molar-refractivity contribution in [1.82, 2.24) is 10.6 Å². The van der Waals surface area contributed by atoms with Gasteiger partial charge >= 0.3 is 12.1 Å². The number of carbonyl (C=O) groups is 3. The monoisotopic (exact) mass is 464 g/mol. The largest absolute Gasteiger partial charge is 0.480 e. The van der Waals surface area contributed by atoms with E-state index in [1.807, 2.05) is 31.2 Å². The Morgan fingerprint density at radius 3 is 2.18 bits per heavy atom. The van der Waals surface area contributed by atoms with Crippen LogP contribution in [-0.4, -0.2) is 41.8 Å². The number of alkyl carbamates (subject to hydrolysis) is 1. The van der Waals surface area contributed by atoms with E-state index in [4.69, 9.17) is 4.74 Å². The lowest BCUT2D eigenvalue weighted by Gasteiger charge is -2.31. The van der Waals surface area contributed by atoms with Crippen molar-refractivity contribution >= 4 is 18.0 Å². The first-order valence-corrected chi connectivity index (χ1v) is 12.1. The molecule has 2 unspecified atom stereocenters. The summed E-state index contributed by atoms with van der Waals surface area (Å²) < 4.78 is 5.57. The average molecular weight is 465 g/mol. The van der Waals surface area contributed by atoms with Crippen LogP contribution in [0.3, 0.4) is 0 Å². The summed E-state index contributed by atoms with van der Waals surface area (Å²) in [6.07, 6.45) is 3.61. The highest BCUT2D eigenvalue weighted by atomic mass is 16.5. The van der Waals surface area contributed by atoms with E-state index in [0.29, 0.717) is 12.8 Å². The van der Waals surface area contributed by atoms with Gasteiger partial charge in [-0.15, -0.1) is 0 Å². The maximum atomic E-state index is 12.4. The minimum atomic E-state index is -0.969. The first-order valence-electron chi connectivity index (χ1n) is 12.1. The smallest absolute Gasteiger partial charge is 0.407 e. The molecule has 0 aliphatic heterocycles. The molecule has 2 atom stereocenters. The van der Waals surface area contributed by atoms with E-state index in [2.05, 4.69) is 34.9 Å². The molecule has 0 heterocycles. The number of benzene rings is 2. The minimum absolute atomic E-state index is 0.00926. The molecule has 34 heavy (non-hydrogen) atoms. The van der Waals surface area contributed by atoms with Crippen LogP contribution in [0.1, 0.15) is 62.5 Å². The molecule has 0 saturated heterocycles. The number of carboxylic acid groups (broad SMARTS) is 1. The predicted octanol–water partition coefficient (Wildman–Crippen LogP) is 4.45. The van der Waals surface area contributed by atoms with Crippen molar-refractivity contribution in [3.05, 3.63) is 59.7 Å². The molecular weight excluding hydrogens is 432 g/mol. The molecule has 7 nitrogen and oxygen atoms in total. The zero-order chi connectivity index (χ0) is 24.1. The summed E-state index contributed by atoms with van der Waals surface area (Å²) in [5, 5.41) is 14.8. The van der Waals surface area contributed by atoms with Gasteiger partial charge in [0.05, 0.1) is 0 Å². The van der Waals surface area contributed by atoms with Gasteiger partial charge < -0.3 is 20.5 Å². The van der Waals surface area contributed by atoms with Crippen molar-refractivity contribution in [3.8, 4) is 11.1 Å². The molecule has 2 aliphatic rings. The van der Waals surface area contributed by atoms with E-state index < -0.39 is 18.1 Å². The van der Waals surface area contributed by atoms with E-state index in [-0.39, 0.29) is 36.8 Å². The molecule has 4 rings (SSSR count). The molecule has 2 amide bonds. The van der Waals surface area contributed by atoms with Gasteiger partial charge in [-0.25, -0.2) is 9.59 Å². The second kappa shape index (κ2) is 10.7. The molecule has 1 saturated carbocycles. The summed E-state index contributed by atoms with van der Waals surface area (Å²) in [5.41, 5.74) is 4.69. The molecule has 3 N–H and O–H groups in total. The van der Waals surface area contributed by atoms with Crippen molar-refractivity contribution in [2.45, 2.75) is 63.5 Å². The lowest BCUT2D eigenvalue weighted by molar-refractivity contribution is -0.144. The summed E-state index contributed by atoms with van der Waals surface area (Å²) in [7, 11) is 0. The number of hydrogen-bond acceptors (Lipinski definition) is 4. The topological polar surface area (TPSA) is 105 Å². The fourth-order valence-corrected chi connectivity index (χ4v) is 4.88. The third-order valence-electron chi connectivity index (χ3n) is 6.95. The van der Waals surface area contributed by atoms with Crippen LogP contribution in [0.15, 0.2) is 48.5 Å². The van der Waals surface area contributed by atoms with Crippen molar-refractivity contribution in [1.29, 1.82) is 0 Å². The normalized spacial score (nSPS) is 16.5. The second-order valence-electron chi connectivity index (χ2n) is 9.34. The average Bonchev–Trinajstić information content (AvgIpc) is 3.10. The summed E-state index contributed by atoms with van der Waals surface area (Å²) in [6, 6.07) is 15.4. The zero-order valence-corrected chi connectivity index (χ0v) is 19.5. The van der Waals surface area contributed by atoms with Crippen molar-refractivity contribution in [2.24, 2.45) is 5.92 Å². The Kier molecular flexibility index (Phi) is 7.50. The van der Waals surface area contributed by atoms with Crippen LogP contribution in [0.5, 0.6) is 0 Å². The van der Waals surface area contributed by atoms with Gasteiger partial charge in [-0.05, 0) is 60.8 Å². The Morgan fingerprint density at radius 2 is 1.62 bits per heavy atom. The molecule has 7 heteroatoms. The lowest BCUT2D eigenvalue weighted by atomic mass is 9.79. The maximum absolute atomic E-state index is 12.4. The number of carbonyl (C=O) groups excluding carboxylic acids is 2. The van der Waals surface area contributed by atoms with Gasteiger partial charge in [0, 0.05) is 18.4 Å². The number of nitrogens with one attached hydrogen (secondary N) is 2. The molecule has 2 aliphatic carbocycles. The van der Waals surface area contributed by atoms with Crippen molar-refractivity contribution in [2.75, 3.05) is 6.61 Å². The highest BCUT2D eigenvalue weighted by Crippen LogP contribution is 2.44. The molecule has 180 valence electrons. The van der Waals surface area contributed by atoms with Gasteiger partial charge in [-0.2, -0.15) is 0 Å². The lowest BCUT2D eigenvalue weighted by Crippen LogP contribution is -2.48. The maximum Gasteiger partial charge on any atom is 0.407 e. The summed E-state index contributed by atoms with van der Waals surface area (Å²) >= 11 is 0. The first kappa shape index (κ1) is 23.8. The van der Waals surface area contributed by atoms with Gasteiger partial charge in [0.1, 0.15) is 12.6 Å². The quantitative estimate of drug-likeness (QED) is 0.482. The van der Waals surface area contributed by atoms with Crippen LogP contribution in [0.4, 0.5) is 4.79 Å². The highest BCUT2D eigenvalue weighted by Gasteiger charge is 2.33. The number of ether oxygens (including phenoxy) is 1. The Balaban J connectivity index is 1.20. The molecule has 0 bridgehead atoms. The molecular formula is C27H32N2O5. The molecule has 1 fully saturated rings. The minimum Gasteiger partial charge on any atom is -0.480 e. The van der Waals surface area contributed by atoms with Gasteiger partial charge in [0.2, 0.25) is 5.91 Å². The number of rotatable bonds is 10. The van der Waals surface area contributed by atoms with E-state index >= 15 is 0 Å². The fourth-order valence-electron chi connectivity index (χ4n) is 4.88. The van der Waals surface area contributed by atoms with Crippen LogP contribution < -0.4 is 10.6 Å². The van der Waals surface area contributed by atoms with Gasteiger partial charge in [-0.1, -0.05) is 55.0 Å². The summed E-state index contributed by atoms with van der Waals surface area (Å²) in [6.45, 7) is 2.13. The zero-order valence-electron chi connectivity index (χ0n) is 19.5. The summed E-state index contributed by atoms with van der Waals surface area (Å²) in [4.78, 5) is 35.9. The number of amides is 2. The third-order valence-corrected chi connectivity index (χ3v) is 6.95. The van der Waals surface area contributed by atoms with E-state index in [1.54, 1.807) is 0 Å². The van der Waals surface area contributed by atoms with Crippen LogP contribution in [0.2, 0.25) is 0 Å². The Morgan fingerprint density at radius 1 is 1.00 bits per heavy atom. The number of carboxylic acids is 1. The van der Waals surface area contributed by atoms with Gasteiger partial charge in [0.15, 0.2) is 0 Å². The van der Waals surface area contributed by atoms with E-state index in [9.17, 15) is 19.5 Å². The van der Waals surface area contributed by atoms with Crippen LogP contribution in [-0.2, 0) is 14.3 Å². The SMILES string of the molecule is CC(CCCC(=O)NC(C(=O)O)C1CCC1)NC(=O)OCC1c2ccccc2-c2ccccc21. The van der Waals surface area contributed by atoms with E-state index in [0.717, 1.165) is 30.4 Å². The highest BCUT2D eigenvalue weighted by molar-refractivity contribution is 5.84. The second-order valence-corrected chi connectivity index (χ2v) is 9.34. The van der Waals surface area contributed by atoms with E-state index in [1.165, 1.54) is 11.1 Å². The number of hydrogen-bond donors (Lipinski definition) is 3. The van der Waals surface area contributed by atoms with Crippen LogP contribution in [0, 0.1) is 5.92 Å². The standard InChI is InChI=1S/C27H32N2O5/c1-17(8-6-15-24(30)29-25(26(31)32)18-9-7-10-18)28-27(33)34-16-23-21-13-4-2-11-19(21)20-12-3-5-14-22(20)23/h2-5,11-14,17-18,23,25H,6-10,15-16H2,1H3,(H,28,33)(H,29,30)(H,31,32). The Hall–Kier alpha value is -3.35. The summed E-state index contributed by atoms with van der Waals surface area (Å²) in [5.74, 6) is -1.18. The number of fused-ring (bicyclic) bond motifs is 3. The Bertz CT molecular complexity index is 1000. The molecule has 0 aromatic heterocycles.